The van der Waals surface area contributed by atoms with Crippen LogP contribution in [0.2, 0.25) is 0 Å². The number of nitrogens with one attached hydrogen (secondary N) is 1. The molecule has 7 heteroatoms. The van der Waals surface area contributed by atoms with Gasteiger partial charge in [0, 0.05) is 25.4 Å². The first-order valence-electron chi connectivity index (χ1n) is 11.6. The van der Waals surface area contributed by atoms with Crippen LogP contribution in [0.3, 0.4) is 0 Å². The Balaban J connectivity index is 1.87. The normalized spacial score (nSPS) is 11.1. The maximum Gasteiger partial charge on any atom is 0.410 e. The van der Waals surface area contributed by atoms with E-state index in [1.54, 1.807) is 4.90 Å². The standard InChI is InChI=1S/C28H32N4O3/c1-18-13-21(7-9-23(18)16-29)11-12-32(27(34)35-28(4,5)6)17-22-8-10-24-19(2)14-26(30-20(3)33)31-25(24)15-22/h7-10,13-15H,11-12,17H2,1-6H3,(H,30,31,33). The van der Waals surface area contributed by atoms with Gasteiger partial charge in [-0.25, -0.2) is 9.78 Å². The fraction of sp³-hybridized carbons (Fsp3) is 0.357. The molecule has 35 heavy (non-hydrogen) atoms. The van der Waals surface area contributed by atoms with Crippen LogP contribution in [0.15, 0.2) is 42.5 Å². The van der Waals surface area contributed by atoms with Crippen molar-refractivity contribution in [3.8, 4) is 6.07 Å². The van der Waals surface area contributed by atoms with Crippen molar-refractivity contribution in [2.75, 3.05) is 11.9 Å². The van der Waals surface area contributed by atoms with Gasteiger partial charge in [0.15, 0.2) is 0 Å². The monoisotopic (exact) mass is 472 g/mol. The largest absolute Gasteiger partial charge is 0.444 e. The Morgan fingerprint density at radius 1 is 1.06 bits per heavy atom. The highest BCUT2D eigenvalue weighted by atomic mass is 16.6. The maximum absolute atomic E-state index is 13.0. The number of amides is 2. The first kappa shape index (κ1) is 25.7. The molecule has 0 aliphatic carbocycles. The van der Waals surface area contributed by atoms with Crippen LogP contribution in [0.4, 0.5) is 10.6 Å². The van der Waals surface area contributed by atoms with Crippen LogP contribution in [-0.4, -0.2) is 34.0 Å². The predicted octanol–water partition coefficient (Wildman–Crippen LogP) is 5.66. The molecule has 0 atom stereocenters. The Bertz CT molecular complexity index is 1300. The summed E-state index contributed by atoms with van der Waals surface area (Å²) in [6, 6.07) is 15.7. The molecule has 1 aromatic heterocycles. The van der Waals surface area contributed by atoms with Gasteiger partial charge in [-0.1, -0.05) is 24.3 Å². The molecule has 1 N–H and O–H groups in total. The van der Waals surface area contributed by atoms with Crippen LogP contribution in [-0.2, 0) is 22.5 Å². The number of hydrogen-bond acceptors (Lipinski definition) is 5. The molecular weight excluding hydrogens is 440 g/mol. The Labute approximate surface area is 206 Å². The lowest BCUT2D eigenvalue weighted by molar-refractivity contribution is -0.114. The van der Waals surface area contributed by atoms with E-state index in [9.17, 15) is 14.9 Å². The molecule has 2 aromatic carbocycles. The minimum absolute atomic E-state index is 0.179. The van der Waals surface area contributed by atoms with Gasteiger partial charge < -0.3 is 15.0 Å². The second-order valence-corrected chi connectivity index (χ2v) is 9.77. The number of nitrogens with zero attached hydrogens (tertiary/aromatic N) is 3. The summed E-state index contributed by atoms with van der Waals surface area (Å²) in [6.07, 6.45) is 0.239. The van der Waals surface area contributed by atoms with Gasteiger partial charge in [0.2, 0.25) is 5.91 Å². The number of anilines is 1. The minimum Gasteiger partial charge on any atom is -0.444 e. The maximum atomic E-state index is 13.0. The highest BCUT2D eigenvalue weighted by molar-refractivity contribution is 5.91. The molecule has 0 aliphatic rings. The Hall–Kier alpha value is -3.92. The molecule has 1 heterocycles. The average molecular weight is 473 g/mol. The molecule has 3 rings (SSSR count). The van der Waals surface area contributed by atoms with E-state index in [2.05, 4.69) is 16.4 Å². The molecule has 0 saturated heterocycles. The highest BCUT2D eigenvalue weighted by Crippen LogP contribution is 2.23. The van der Waals surface area contributed by atoms with Crippen LogP contribution < -0.4 is 5.32 Å². The molecule has 0 saturated carbocycles. The third-order valence-corrected chi connectivity index (χ3v) is 5.49. The number of carbonyl (C=O) groups excluding carboxylic acids is 2. The summed E-state index contributed by atoms with van der Waals surface area (Å²) in [5.41, 5.74) is 4.66. The number of benzene rings is 2. The van der Waals surface area contributed by atoms with Crippen molar-refractivity contribution >= 4 is 28.7 Å². The van der Waals surface area contributed by atoms with E-state index < -0.39 is 5.60 Å². The summed E-state index contributed by atoms with van der Waals surface area (Å²) in [4.78, 5) is 30.8. The highest BCUT2D eigenvalue weighted by Gasteiger charge is 2.22. The third kappa shape index (κ3) is 7.03. The zero-order valence-electron chi connectivity index (χ0n) is 21.2. The average Bonchev–Trinajstić information content (AvgIpc) is 2.74. The van der Waals surface area contributed by atoms with E-state index in [4.69, 9.17) is 4.74 Å². The molecule has 0 unspecified atom stereocenters. The number of nitriles is 1. The molecule has 182 valence electrons. The first-order valence-corrected chi connectivity index (χ1v) is 11.6. The van der Waals surface area contributed by atoms with Crippen molar-refractivity contribution in [2.24, 2.45) is 0 Å². The van der Waals surface area contributed by atoms with Gasteiger partial charge in [0.25, 0.3) is 0 Å². The van der Waals surface area contributed by atoms with Crippen molar-refractivity contribution in [1.82, 2.24) is 9.88 Å². The van der Waals surface area contributed by atoms with Gasteiger partial charge in [-0.05, 0) is 81.5 Å². The van der Waals surface area contributed by atoms with Crippen LogP contribution in [0.5, 0.6) is 0 Å². The van der Waals surface area contributed by atoms with Gasteiger partial charge in [0.1, 0.15) is 11.4 Å². The molecule has 7 nitrogen and oxygen atoms in total. The first-order chi connectivity index (χ1) is 16.4. The minimum atomic E-state index is -0.615. The fourth-order valence-corrected chi connectivity index (χ4v) is 3.84. The van der Waals surface area contributed by atoms with E-state index in [0.29, 0.717) is 30.9 Å². The van der Waals surface area contributed by atoms with Crippen molar-refractivity contribution in [2.45, 2.75) is 60.1 Å². The zero-order chi connectivity index (χ0) is 25.8. The van der Waals surface area contributed by atoms with E-state index in [1.807, 2.05) is 77.1 Å². The van der Waals surface area contributed by atoms with E-state index in [0.717, 1.165) is 33.2 Å². The van der Waals surface area contributed by atoms with Crippen molar-refractivity contribution < 1.29 is 14.3 Å². The molecule has 0 aliphatic heterocycles. The van der Waals surface area contributed by atoms with E-state index in [1.165, 1.54) is 6.92 Å². The number of aryl methyl sites for hydroxylation is 2. The molecule has 3 aromatic rings. The van der Waals surface area contributed by atoms with Crippen molar-refractivity contribution in [3.63, 3.8) is 0 Å². The lowest BCUT2D eigenvalue weighted by atomic mass is 10.0. The van der Waals surface area contributed by atoms with E-state index >= 15 is 0 Å². The third-order valence-electron chi connectivity index (χ3n) is 5.49. The van der Waals surface area contributed by atoms with Crippen LogP contribution in [0.25, 0.3) is 10.9 Å². The summed E-state index contributed by atoms with van der Waals surface area (Å²) in [5, 5.41) is 12.9. The van der Waals surface area contributed by atoms with Crippen LogP contribution in [0, 0.1) is 25.2 Å². The van der Waals surface area contributed by atoms with Crippen LogP contribution in [0.1, 0.15) is 55.5 Å². The molecule has 0 radical (unpaired) electrons. The summed E-state index contributed by atoms with van der Waals surface area (Å²) in [7, 11) is 0. The molecule has 0 fully saturated rings. The van der Waals surface area contributed by atoms with Gasteiger partial charge >= 0.3 is 6.09 Å². The smallest absolute Gasteiger partial charge is 0.410 e. The number of rotatable bonds is 6. The fourth-order valence-electron chi connectivity index (χ4n) is 3.84. The molecule has 0 spiro atoms. The van der Waals surface area contributed by atoms with Crippen molar-refractivity contribution in [1.29, 1.82) is 5.26 Å². The number of fused-ring (bicyclic) bond motifs is 1. The Morgan fingerprint density at radius 2 is 1.77 bits per heavy atom. The quantitative estimate of drug-likeness (QED) is 0.499. The number of pyridine rings is 1. The molecule has 0 bridgehead atoms. The summed E-state index contributed by atoms with van der Waals surface area (Å²) in [6.45, 7) is 11.7. The number of hydrogen-bond donors (Lipinski definition) is 1. The Morgan fingerprint density at radius 3 is 2.40 bits per heavy atom. The lowest BCUT2D eigenvalue weighted by Gasteiger charge is -2.27. The number of ether oxygens (including phenoxy) is 1. The van der Waals surface area contributed by atoms with Gasteiger partial charge in [-0.3, -0.25) is 4.79 Å². The number of carbonyl (C=O) groups is 2. The topological polar surface area (TPSA) is 95.3 Å². The predicted molar refractivity (Wildman–Crippen MR) is 137 cm³/mol. The summed E-state index contributed by atoms with van der Waals surface area (Å²) < 4.78 is 5.67. The van der Waals surface area contributed by atoms with Gasteiger partial charge in [-0.15, -0.1) is 0 Å². The Kier molecular flexibility index (Phi) is 7.75. The zero-order valence-corrected chi connectivity index (χ0v) is 21.2. The van der Waals surface area contributed by atoms with E-state index in [-0.39, 0.29) is 12.0 Å². The second kappa shape index (κ2) is 10.6. The van der Waals surface area contributed by atoms with Gasteiger partial charge in [-0.2, -0.15) is 5.26 Å². The summed E-state index contributed by atoms with van der Waals surface area (Å²) >= 11 is 0. The SMILES string of the molecule is CC(=O)Nc1cc(C)c2ccc(CN(CCc3ccc(C#N)c(C)c3)C(=O)OC(C)(C)C)cc2n1. The van der Waals surface area contributed by atoms with Gasteiger partial charge in [0.05, 0.1) is 17.1 Å². The number of aromatic nitrogens is 1. The summed E-state index contributed by atoms with van der Waals surface area (Å²) in [5.74, 6) is 0.321. The molecule has 2 amide bonds. The lowest BCUT2D eigenvalue weighted by Crippen LogP contribution is -2.37. The van der Waals surface area contributed by atoms with Crippen LogP contribution >= 0.6 is 0 Å². The second-order valence-electron chi connectivity index (χ2n) is 9.77. The molecular formula is C28H32N4O3. The van der Waals surface area contributed by atoms with Crippen molar-refractivity contribution in [3.05, 3.63) is 70.3 Å².